The molecule has 2 fully saturated rings. The van der Waals surface area contributed by atoms with E-state index in [1.807, 2.05) is 6.07 Å². The third kappa shape index (κ3) is 2.25. The van der Waals surface area contributed by atoms with Gasteiger partial charge in [0, 0.05) is 12.3 Å². The van der Waals surface area contributed by atoms with E-state index < -0.39 is 0 Å². The molecule has 1 aliphatic heterocycles. The maximum Gasteiger partial charge on any atom is 0.322 e. The molecule has 102 valence electrons. The van der Waals surface area contributed by atoms with Crippen LogP contribution in [0.5, 0.6) is 5.88 Å². The molecule has 3 rings (SSSR count). The highest BCUT2D eigenvalue weighted by Gasteiger charge is 2.43. The van der Waals surface area contributed by atoms with Gasteiger partial charge in [0.25, 0.3) is 0 Å². The number of ether oxygens (including phenoxy) is 1. The van der Waals surface area contributed by atoms with Gasteiger partial charge in [0.1, 0.15) is 0 Å². The zero-order valence-electron chi connectivity index (χ0n) is 11.2. The van der Waals surface area contributed by atoms with Gasteiger partial charge in [0.2, 0.25) is 5.88 Å². The molecule has 0 aromatic carbocycles. The number of methoxy groups -OCH3 is 1. The summed E-state index contributed by atoms with van der Waals surface area (Å²) in [7, 11) is 1.58. The summed E-state index contributed by atoms with van der Waals surface area (Å²) in [5, 5.41) is 3.18. The van der Waals surface area contributed by atoms with Crippen molar-refractivity contribution in [2.75, 3.05) is 18.6 Å². The molecular formula is C14H19N3O2. The van der Waals surface area contributed by atoms with Crippen molar-refractivity contribution in [1.29, 1.82) is 0 Å². The van der Waals surface area contributed by atoms with E-state index in [0.29, 0.717) is 5.88 Å². The lowest BCUT2D eigenvalue weighted by atomic mass is 9.82. The Morgan fingerprint density at radius 2 is 2.16 bits per heavy atom. The fourth-order valence-corrected chi connectivity index (χ4v) is 3.11. The molecule has 1 aromatic rings. The van der Waals surface area contributed by atoms with E-state index in [9.17, 15) is 4.79 Å². The number of carbonyl (C=O) groups is 1. The molecule has 0 radical (unpaired) electrons. The number of urea groups is 1. The summed E-state index contributed by atoms with van der Waals surface area (Å²) in [5.74, 6) is 0.537. The lowest BCUT2D eigenvalue weighted by molar-refractivity contribution is 0.237. The van der Waals surface area contributed by atoms with Gasteiger partial charge in [0.05, 0.1) is 24.9 Å². The highest BCUT2D eigenvalue weighted by molar-refractivity contribution is 5.95. The number of hydrogen-bond donors (Lipinski definition) is 1. The Kier molecular flexibility index (Phi) is 3.05. The van der Waals surface area contributed by atoms with E-state index >= 15 is 0 Å². The van der Waals surface area contributed by atoms with Gasteiger partial charge in [-0.05, 0) is 18.9 Å². The predicted octanol–water partition coefficient (Wildman–Crippen LogP) is 2.32. The first-order valence-corrected chi connectivity index (χ1v) is 6.82. The Morgan fingerprint density at radius 3 is 2.89 bits per heavy atom. The molecule has 1 saturated carbocycles. The SMILES string of the molecule is COc1cc(N2CC3(CCCCC3)NC2=O)ccn1. The van der Waals surface area contributed by atoms with Gasteiger partial charge in [0.15, 0.2) is 0 Å². The van der Waals surface area contributed by atoms with Gasteiger partial charge < -0.3 is 10.1 Å². The molecule has 1 aliphatic carbocycles. The summed E-state index contributed by atoms with van der Waals surface area (Å²) in [4.78, 5) is 18.1. The summed E-state index contributed by atoms with van der Waals surface area (Å²) >= 11 is 0. The largest absolute Gasteiger partial charge is 0.481 e. The first-order valence-electron chi connectivity index (χ1n) is 6.82. The van der Waals surface area contributed by atoms with Crippen LogP contribution in [0.25, 0.3) is 0 Å². The summed E-state index contributed by atoms with van der Waals surface area (Å²) < 4.78 is 5.12. The second-order valence-corrected chi connectivity index (χ2v) is 5.41. The van der Waals surface area contributed by atoms with Gasteiger partial charge >= 0.3 is 6.03 Å². The van der Waals surface area contributed by atoms with E-state index in [1.165, 1.54) is 19.3 Å². The lowest BCUT2D eigenvalue weighted by Gasteiger charge is -2.32. The first-order chi connectivity index (χ1) is 9.22. The number of nitrogens with zero attached hydrogens (tertiary/aromatic N) is 2. The van der Waals surface area contributed by atoms with Crippen molar-refractivity contribution >= 4 is 11.7 Å². The number of amides is 2. The topological polar surface area (TPSA) is 54.5 Å². The molecule has 0 unspecified atom stereocenters. The van der Waals surface area contributed by atoms with Crippen LogP contribution in [0.4, 0.5) is 10.5 Å². The van der Waals surface area contributed by atoms with Crippen molar-refractivity contribution in [3.63, 3.8) is 0 Å². The van der Waals surface area contributed by atoms with Crippen molar-refractivity contribution in [2.45, 2.75) is 37.6 Å². The molecule has 1 aromatic heterocycles. The Labute approximate surface area is 113 Å². The molecule has 5 nitrogen and oxygen atoms in total. The van der Waals surface area contributed by atoms with E-state index in [4.69, 9.17) is 4.74 Å². The van der Waals surface area contributed by atoms with Crippen LogP contribution in [0.3, 0.4) is 0 Å². The first kappa shape index (κ1) is 12.3. The summed E-state index contributed by atoms with van der Waals surface area (Å²) in [6.07, 6.45) is 7.52. The van der Waals surface area contributed by atoms with Crippen LogP contribution in [0.1, 0.15) is 32.1 Å². The maximum atomic E-state index is 12.2. The second kappa shape index (κ2) is 4.72. The van der Waals surface area contributed by atoms with E-state index in [1.54, 1.807) is 24.3 Å². The van der Waals surface area contributed by atoms with Crippen LogP contribution in [0.2, 0.25) is 0 Å². The summed E-state index contributed by atoms with van der Waals surface area (Å²) in [6.45, 7) is 0.749. The van der Waals surface area contributed by atoms with Gasteiger partial charge in [-0.2, -0.15) is 0 Å². The minimum atomic E-state index is -0.0220. The van der Waals surface area contributed by atoms with Crippen LogP contribution in [-0.4, -0.2) is 30.2 Å². The third-order valence-electron chi connectivity index (χ3n) is 4.13. The molecule has 1 saturated heterocycles. The second-order valence-electron chi connectivity index (χ2n) is 5.41. The Morgan fingerprint density at radius 1 is 1.37 bits per heavy atom. The highest BCUT2D eigenvalue weighted by atomic mass is 16.5. The number of pyridine rings is 1. The molecule has 19 heavy (non-hydrogen) atoms. The molecular weight excluding hydrogens is 242 g/mol. The number of nitrogens with one attached hydrogen (secondary N) is 1. The number of carbonyl (C=O) groups excluding carboxylic acids is 1. The monoisotopic (exact) mass is 261 g/mol. The lowest BCUT2D eigenvalue weighted by Crippen LogP contribution is -2.44. The third-order valence-corrected chi connectivity index (χ3v) is 4.13. The van der Waals surface area contributed by atoms with Crippen LogP contribution in [-0.2, 0) is 0 Å². The summed E-state index contributed by atoms with van der Waals surface area (Å²) in [5.41, 5.74) is 0.832. The van der Waals surface area contributed by atoms with Crippen LogP contribution in [0.15, 0.2) is 18.3 Å². The molecule has 2 amide bonds. The zero-order chi connectivity index (χ0) is 13.3. The fourth-order valence-electron chi connectivity index (χ4n) is 3.11. The van der Waals surface area contributed by atoms with Crippen molar-refractivity contribution in [2.24, 2.45) is 0 Å². The van der Waals surface area contributed by atoms with Gasteiger partial charge in [-0.1, -0.05) is 19.3 Å². The summed E-state index contributed by atoms with van der Waals surface area (Å²) in [6, 6.07) is 3.65. The number of anilines is 1. The van der Waals surface area contributed by atoms with Gasteiger partial charge in [-0.3, -0.25) is 4.90 Å². The van der Waals surface area contributed by atoms with Crippen molar-refractivity contribution < 1.29 is 9.53 Å². The van der Waals surface area contributed by atoms with Crippen LogP contribution in [0, 0.1) is 0 Å². The normalized spacial score (nSPS) is 21.5. The van der Waals surface area contributed by atoms with Crippen molar-refractivity contribution in [3.05, 3.63) is 18.3 Å². The van der Waals surface area contributed by atoms with E-state index in [-0.39, 0.29) is 11.6 Å². The van der Waals surface area contributed by atoms with E-state index in [0.717, 1.165) is 25.1 Å². The van der Waals surface area contributed by atoms with Crippen LogP contribution >= 0.6 is 0 Å². The smallest absolute Gasteiger partial charge is 0.322 e. The van der Waals surface area contributed by atoms with Crippen molar-refractivity contribution in [1.82, 2.24) is 10.3 Å². The van der Waals surface area contributed by atoms with Crippen LogP contribution < -0.4 is 15.0 Å². The average Bonchev–Trinajstić information content (AvgIpc) is 2.76. The standard InChI is InChI=1S/C14H19N3O2/c1-19-12-9-11(5-8-15-12)17-10-14(16-13(17)18)6-3-2-4-7-14/h5,8-9H,2-4,6-7,10H2,1H3,(H,16,18). The molecule has 1 spiro atoms. The number of rotatable bonds is 2. The minimum Gasteiger partial charge on any atom is -0.481 e. The molecule has 5 heteroatoms. The zero-order valence-corrected chi connectivity index (χ0v) is 11.2. The van der Waals surface area contributed by atoms with Crippen molar-refractivity contribution in [3.8, 4) is 5.88 Å². The Hall–Kier alpha value is -1.78. The molecule has 2 aliphatic rings. The molecule has 1 N–H and O–H groups in total. The average molecular weight is 261 g/mol. The molecule has 0 atom stereocenters. The van der Waals surface area contributed by atoms with Gasteiger partial charge in [-0.25, -0.2) is 9.78 Å². The molecule has 2 heterocycles. The van der Waals surface area contributed by atoms with E-state index in [2.05, 4.69) is 10.3 Å². The maximum absolute atomic E-state index is 12.2. The fraction of sp³-hybridized carbons (Fsp3) is 0.571. The minimum absolute atomic E-state index is 0.00449. The predicted molar refractivity (Wildman–Crippen MR) is 72.5 cm³/mol. The quantitative estimate of drug-likeness (QED) is 0.889. The number of hydrogen-bond acceptors (Lipinski definition) is 3. The number of aromatic nitrogens is 1. The highest BCUT2D eigenvalue weighted by Crippen LogP contribution is 2.34. The molecule has 0 bridgehead atoms. The Balaban J connectivity index is 1.83. The Bertz CT molecular complexity index is 483. The van der Waals surface area contributed by atoms with Gasteiger partial charge in [-0.15, -0.1) is 0 Å².